The van der Waals surface area contributed by atoms with Gasteiger partial charge in [-0.1, -0.05) is 23.9 Å². The highest BCUT2D eigenvalue weighted by Gasteiger charge is 2.31. The van der Waals surface area contributed by atoms with Gasteiger partial charge in [0.25, 0.3) is 5.91 Å². The van der Waals surface area contributed by atoms with E-state index in [2.05, 4.69) is 6.07 Å². The smallest absolute Gasteiger partial charge is 0.289 e. The molecule has 2 aliphatic heterocycles. The summed E-state index contributed by atoms with van der Waals surface area (Å²) < 4.78 is 5.18. The minimum Gasteiger partial charge on any atom is -0.459 e. The average Bonchev–Trinajstić information content (AvgIpc) is 3.38. The van der Waals surface area contributed by atoms with Crippen molar-refractivity contribution in [3.63, 3.8) is 0 Å². The Hall–Kier alpha value is -3.02. The summed E-state index contributed by atoms with van der Waals surface area (Å²) in [6.45, 7) is 2.69. The van der Waals surface area contributed by atoms with Gasteiger partial charge in [0, 0.05) is 11.9 Å². The van der Waals surface area contributed by atoms with Crippen LogP contribution >= 0.6 is 11.8 Å². The van der Waals surface area contributed by atoms with Gasteiger partial charge in [-0.3, -0.25) is 9.59 Å². The first-order valence-electron chi connectivity index (χ1n) is 9.43. The number of benzene rings is 1. The van der Waals surface area contributed by atoms with Gasteiger partial charge in [-0.25, -0.2) is 0 Å². The number of nitrogens with zero attached hydrogens (tertiary/aromatic N) is 3. The molecule has 1 amide bonds. The van der Waals surface area contributed by atoms with Gasteiger partial charge in [0.05, 0.1) is 38.1 Å². The lowest BCUT2D eigenvalue weighted by atomic mass is 10.1. The first-order chi connectivity index (χ1) is 14.1. The van der Waals surface area contributed by atoms with E-state index in [0.717, 1.165) is 15.5 Å². The number of Topliss-reactive ketones (excluding diaryl/α,β-unsaturated/α-hetero) is 1. The lowest BCUT2D eigenvalue weighted by molar-refractivity contribution is -0.895. The predicted molar refractivity (Wildman–Crippen MR) is 109 cm³/mol. The number of ketones is 1. The fourth-order valence-corrected chi connectivity index (χ4v) is 4.79. The van der Waals surface area contributed by atoms with Crippen LogP contribution in [0.2, 0.25) is 0 Å². The van der Waals surface area contributed by atoms with Crippen molar-refractivity contribution in [2.75, 3.05) is 44.7 Å². The molecule has 148 valence electrons. The van der Waals surface area contributed by atoms with Crippen molar-refractivity contribution >= 4 is 29.1 Å². The Morgan fingerprint density at radius 2 is 1.97 bits per heavy atom. The molecule has 0 aliphatic carbocycles. The molecule has 1 fully saturated rings. The van der Waals surface area contributed by atoms with Gasteiger partial charge in [0.15, 0.2) is 5.76 Å². The van der Waals surface area contributed by atoms with E-state index in [-0.39, 0.29) is 23.8 Å². The molecule has 1 saturated heterocycles. The Morgan fingerprint density at radius 1 is 1.21 bits per heavy atom. The number of hydrogen-bond donors (Lipinski definition) is 1. The Morgan fingerprint density at radius 3 is 2.62 bits per heavy atom. The zero-order valence-electron chi connectivity index (χ0n) is 16.1. The lowest BCUT2D eigenvalue weighted by Crippen LogP contribution is -3.15. The summed E-state index contributed by atoms with van der Waals surface area (Å²) in [5, 5.41) is 10.3. The second kappa shape index (κ2) is 8.15. The third-order valence-electron chi connectivity index (χ3n) is 5.24. The number of piperazine rings is 1. The van der Waals surface area contributed by atoms with E-state index in [1.54, 1.807) is 17.0 Å². The predicted octanol–water partition coefficient (Wildman–Crippen LogP) is 1.17. The van der Waals surface area contributed by atoms with Crippen LogP contribution in [-0.2, 0) is 4.79 Å². The van der Waals surface area contributed by atoms with Crippen molar-refractivity contribution in [1.29, 1.82) is 5.26 Å². The van der Waals surface area contributed by atoms with Crippen LogP contribution in [-0.4, -0.2) is 56.4 Å². The number of hydrogen-bond acceptors (Lipinski definition) is 6. The number of furan rings is 1. The molecule has 8 heteroatoms. The van der Waals surface area contributed by atoms with Crippen LogP contribution in [0.4, 0.5) is 5.69 Å². The highest BCUT2D eigenvalue weighted by molar-refractivity contribution is 8.03. The molecule has 2 aromatic rings. The zero-order valence-corrected chi connectivity index (χ0v) is 16.9. The zero-order chi connectivity index (χ0) is 20.4. The summed E-state index contributed by atoms with van der Waals surface area (Å²) in [4.78, 5) is 31.0. The summed E-state index contributed by atoms with van der Waals surface area (Å²) in [6, 6.07) is 13.3. The number of thioether (sulfide) groups is 1. The molecule has 2 aliphatic rings. The Labute approximate surface area is 173 Å². The third kappa shape index (κ3) is 3.79. The van der Waals surface area contributed by atoms with Crippen LogP contribution in [0.1, 0.15) is 10.6 Å². The molecule has 7 nitrogen and oxygen atoms in total. The molecule has 1 aromatic carbocycles. The number of anilines is 1. The van der Waals surface area contributed by atoms with Crippen molar-refractivity contribution in [2.45, 2.75) is 4.90 Å². The highest BCUT2D eigenvalue weighted by Crippen LogP contribution is 2.45. The normalized spacial score (nSPS) is 18.3. The number of fused-ring (bicyclic) bond motifs is 1. The topological polar surface area (TPSA) is 82.0 Å². The van der Waals surface area contributed by atoms with Crippen LogP contribution in [0.5, 0.6) is 0 Å². The largest absolute Gasteiger partial charge is 0.459 e. The first-order valence-corrected chi connectivity index (χ1v) is 10.2. The van der Waals surface area contributed by atoms with Crippen LogP contribution in [0.25, 0.3) is 0 Å². The monoisotopic (exact) mass is 409 g/mol. The van der Waals surface area contributed by atoms with Crippen LogP contribution in [0.15, 0.2) is 62.6 Å². The summed E-state index contributed by atoms with van der Waals surface area (Å²) >= 11 is 1.46. The summed E-state index contributed by atoms with van der Waals surface area (Å²) in [5.41, 5.74) is 1.21. The van der Waals surface area contributed by atoms with E-state index < -0.39 is 0 Å². The van der Waals surface area contributed by atoms with E-state index >= 15 is 0 Å². The van der Waals surface area contributed by atoms with Crippen molar-refractivity contribution in [2.24, 2.45) is 0 Å². The molecule has 3 heterocycles. The molecular formula is C21H21N4O3S+. The second-order valence-electron chi connectivity index (χ2n) is 7.04. The van der Waals surface area contributed by atoms with E-state index in [9.17, 15) is 14.9 Å². The molecule has 1 N–H and O–H groups in total. The van der Waals surface area contributed by atoms with E-state index in [0.29, 0.717) is 37.0 Å². The van der Waals surface area contributed by atoms with Crippen molar-refractivity contribution in [1.82, 2.24) is 4.90 Å². The number of quaternary nitrogens is 1. The highest BCUT2D eigenvalue weighted by atomic mass is 32.2. The van der Waals surface area contributed by atoms with Gasteiger partial charge in [-0.15, -0.1) is 0 Å². The van der Waals surface area contributed by atoms with E-state index in [1.807, 2.05) is 36.2 Å². The fourth-order valence-electron chi connectivity index (χ4n) is 3.63. The van der Waals surface area contributed by atoms with Gasteiger partial charge in [-0.05, 0) is 24.3 Å². The maximum atomic E-state index is 12.9. The van der Waals surface area contributed by atoms with Gasteiger partial charge >= 0.3 is 0 Å². The maximum Gasteiger partial charge on any atom is 0.289 e. The number of carbonyl (C=O) groups is 2. The number of carbonyl (C=O) groups excluding carboxylic acids is 2. The molecule has 0 spiro atoms. The molecule has 0 saturated carbocycles. The minimum absolute atomic E-state index is 0.123. The molecule has 0 bridgehead atoms. The standard InChI is InChI=1S/C21H20N4O3S/c1-23-16-5-2-3-7-19(16)29-21(23)15(13-22)17(26)14-24-8-10-25(11-9-24)20(27)18-6-4-12-28-18/h2-7,12H,8-11,14H2,1H3/p+1/b21-15-. The van der Waals surface area contributed by atoms with Gasteiger partial charge in [-0.2, -0.15) is 5.26 Å². The van der Waals surface area contributed by atoms with E-state index in [1.165, 1.54) is 18.0 Å². The van der Waals surface area contributed by atoms with Crippen molar-refractivity contribution in [3.05, 3.63) is 59.0 Å². The average molecular weight is 409 g/mol. The molecule has 0 radical (unpaired) electrons. The Balaban J connectivity index is 1.40. The molecule has 0 unspecified atom stereocenters. The van der Waals surface area contributed by atoms with E-state index in [4.69, 9.17) is 4.42 Å². The van der Waals surface area contributed by atoms with Gasteiger partial charge < -0.3 is 19.1 Å². The third-order valence-corrected chi connectivity index (χ3v) is 6.48. The number of para-hydroxylation sites is 1. The minimum atomic E-state index is -0.157. The summed E-state index contributed by atoms with van der Waals surface area (Å²) in [6.07, 6.45) is 1.49. The maximum absolute atomic E-state index is 12.9. The summed E-state index contributed by atoms with van der Waals surface area (Å²) in [7, 11) is 1.88. The lowest BCUT2D eigenvalue weighted by Gasteiger charge is -2.31. The molecule has 0 atom stereocenters. The van der Waals surface area contributed by atoms with Crippen LogP contribution in [0, 0.1) is 11.3 Å². The SMILES string of the molecule is CN1/C(=C(\C#N)C(=O)C[NH+]2CCN(C(=O)c3ccco3)CC2)Sc2ccccc21. The van der Waals surface area contributed by atoms with Crippen LogP contribution in [0.3, 0.4) is 0 Å². The molecule has 4 rings (SSSR count). The van der Waals surface area contributed by atoms with Gasteiger partial charge in [0.2, 0.25) is 5.78 Å². The number of nitriles is 1. The number of nitrogens with one attached hydrogen (secondary N) is 1. The molecular weight excluding hydrogens is 388 g/mol. The number of amides is 1. The fraction of sp³-hybridized carbons (Fsp3) is 0.286. The van der Waals surface area contributed by atoms with Crippen molar-refractivity contribution < 1.29 is 18.9 Å². The van der Waals surface area contributed by atoms with Gasteiger partial charge in [0.1, 0.15) is 23.2 Å². The van der Waals surface area contributed by atoms with Crippen molar-refractivity contribution in [3.8, 4) is 6.07 Å². The second-order valence-corrected chi connectivity index (χ2v) is 8.07. The number of rotatable bonds is 4. The molecule has 1 aromatic heterocycles. The quantitative estimate of drug-likeness (QED) is 0.603. The first kappa shape index (κ1) is 19.3. The van der Waals surface area contributed by atoms with Crippen LogP contribution < -0.4 is 9.80 Å². The summed E-state index contributed by atoms with van der Waals surface area (Å²) in [5.74, 6) is 0.0549. The Kier molecular flexibility index (Phi) is 5.43. The molecule has 29 heavy (non-hydrogen) atoms. The Bertz CT molecular complexity index is 1000.